The summed E-state index contributed by atoms with van der Waals surface area (Å²) in [6.07, 6.45) is 3.18. The fourth-order valence-electron chi connectivity index (χ4n) is 2.10. The molecule has 0 radical (unpaired) electrons. The van der Waals surface area contributed by atoms with Crippen molar-refractivity contribution in [2.45, 2.75) is 38.1 Å². The normalized spacial score (nSPS) is 20.6. The summed E-state index contributed by atoms with van der Waals surface area (Å²) in [5.41, 5.74) is 1.17. The average Bonchev–Trinajstić information content (AvgIpc) is 2.93. The molecule has 2 N–H and O–H groups in total. The third-order valence-electron chi connectivity index (χ3n) is 3.73. The maximum absolute atomic E-state index is 12.4. The molecule has 1 saturated carbocycles. The molecule has 0 amide bonds. The number of aliphatic carboxylic acids is 1. The lowest BCUT2D eigenvalue weighted by atomic mass is 10.1. The Morgan fingerprint density at radius 1 is 1.43 bits per heavy atom. The summed E-state index contributed by atoms with van der Waals surface area (Å²) in [5, 5.41) is 8.63. The summed E-state index contributed by atoms with van der Waals surface area (Å²) in [5.74, 6) is -1.07. The number of aryl methyl sites for hydroxylation is 1. The Hall–Kier alpha value is -1.66. The summed E-state index contributed by atoms with van der Waals surface area (Å²) in [7, 11) is -3.59. The summed E-state index contributed by atoms with van der Waals surface area (Å²) < 4.78 is 27.6. The van der Waals surface area contributed by atoms with Gasteiger partial charge in [-0.3, -0.25) is 0 Å². The number of carbonyl (C=O) groups is 1. The summed E-state index contributed by atoms with van der Waals surface area (Å²) in [6, 6.07) is 4.82. The predicted molar refractivity (Wildman–Crippen MR) is 80.4 cm³/mol. The van der Waals surface area contributed by atoms with E-state index in [1.165, 1.54) is 12.1 Å². The van der Waals surface area contributed by atoms with E-state index >= 15 is 0 Å². The van der Waals surface area contributed by atoms with E-state index in [-0.39, 0.29) is 16.4 Å². The highest BCUT2D eigenvalue weighted by atomic mass is 32.2. The molecule has 114 valence electrons. The topological polar surface area (TPSA) is 83.5 Å². The highest BCUT2D eigenvalue weighted by Crippen LogP contribution is 2.45. The van der Waals surface area contributed by atoms with Gasteiger partial charge in [0.2, 0.25) is 10.0 Å². The van der Waals surface area contributed by atoms with E-state index in [1.54, 1.807) is 19.1 Å². The molecule has 0 bridgehead atoms. The summed E-state index contributed by atoms with van der Waals surface area (Å²) in [6.45, 7) is 5.75. The Bertz CT molecular complexity index is 704. The van der Waals surface area contributed by atoms with Crippen LogP contribution in [0.25, 0.3) is 6.08 Å². The number of sulfonamides is 1. The number of hydrogen-bond donors (Lipinski definition) is 2. The van der Waals surface area contributed by atoms with Gasteiger partial charge in [-0.15, -0.1) is 0 Å². The molecule has 1 aromatic carbocycles. The van der Waals surface area contributed by atoms with E-state index < -0.39 is 16.0 Å². The molecule has 6 heteroatoms. The molecule has 0 aromatic heterocycles. The first-order valence-electron chi connectivity index (χ1n) is 6.66. The van der Waals surface area contributed by atoms with Gasteiger partial charge in [0.05, 0.1) is 4.90 Å². The third kappa shape index (κ3) is 3.71. The molecule has 21 heavy (non-hydrogen) atoms. The zero-order chi connectivity index (χ0) is 15.8. The van der Waals surface area contributed by atoms with Gasteiger partial charge < -0.3 is 5.11 Å². The molecule has 1 unspecified atom stereocenters. The smallest absolute Gasteiger partial charge is 0.328 e. The van der Waals surface area contributed by atoms with Gasteiger partial charge in [0.15, 0.2) is 0 Å². The van der Waals surface area contributed by atoms with Crippen molar-refractivity contribution in [1.82, 2.24) is 4.72 Å². The van der Waals surface area contributed by atoms with Crippen molar-refractivity contribution < 1.29 is 18.3 Å². The van der Waals surface area contributed by atoms with Crippen LogP contribution in [0.3, 0.4) is 0 Å². The van der Waals surface area contributed by atoms with Crippen LogP contribution >= 0.6 is 0 Å². The molecule has 1 aliphatic rings. The zero-order valence-electron chi connectivity index (χ0n) is 12.3. The molecule has 0 heterocycles. The van der Waals surface area contributed by atoms with Crippen LogP contribution in [0.1, 0.15) is 31.4 Å². The molecule has 1 atom stereocenters. The van der Waals surface area contributed by atoms with Crippen molar-refractivity contribution >= 4 is 22.1 Å². The second-order valence-corrected chi connectivity index (χ2v) is 7.75. The first-order chi connectivity index (χ1) is 9.62. The maximum Gasteiger partial charge on any atom is 0.328 e. The average molecular weight is 309 g/mol. The van der Waals surface area contributed by atoms with Gasteiger partial charge in [-0.25, -0.2) is 17.9 Å². The Morgan fingerprint density at radius 2 is 2.05 bits per heavy atom. The van der Waals surface area contributed by atoms with Crippen molar-refractivity contribution in [1.29, 1.82) is 0 Å². The van der Waals surface area contributed by atoms with Crippen LogP contribution in [0.4, 0.5) is 0 Å². The maximum atomic E-state index is 12.4. The molecule has 1 aliphatic carbocycles. The van der Waals surface area contributed by atoms with Crippen LogP contribution in [-0.4, -0.2) is 25.5 Å². The molecule has 5 nitrogen and oxygen atoms in total. The molecule has 0 aliphatic heterocycles. The number of hydrogen-bond acceptors (Lipinski definition) is 3. The zero-order valence-corrected chi connectivity index (χ0v) is 13.1. The fourth-order valence-corrected chi connectivity index (χ4v) is 3.78. The van der Waals surface area contributed by atoms with Gasteiger partial charge in [-0.05, 0) is 42.0 Å². The Balaban J connectivity index is 2.29. The van der Waals surface area contributed by atoms with Gasteiger partial charge in [0.1, 0.15) is 0 Å². The van der Waals surface area contributed by atoms with Crippen LogP contribution < -0.4 is 4.72 Å². The highest BCUT2D eigenvalue weighted by Gasteiger charge is 2.48. The van der Waals surface area contributed by atoms with Crippen LogP contribution in [0.15, 0.2) is 29.2 Å². The van der Waals surface area contributed by atoms with Crippen molar-refractivity contribution in [3.63, 3.8) is 0 Å². The van der Waals surface area contributed by atoms with Crippen molar-refractivity contribution in [3.8, 4) is 0 Å². The third-order valence-corrected chi connectivity index (χ3v) is 5.34. The molecule has 1 aromatic rings. The standard InChI is InChI=1S/C15H19NO4S/c1-10-4-5-11(6-7-14(17)18)8-12(10)21(19,20)16-13-9-15(13,2)3/h4-8,13,16H,9H2,1-3H3,(H,17,18). The van der Waals surface area contributed by atoms with Crippen molar-refractivity contribution in [2.24, 2.45) is 5.41 Å². The monoisotopic (exact) mass is 309 g/mol. The molecule has 0 saturated heterocycles. The lowest BCUT2D eigenvalue weighted by molar-refractivity contribution is -0.131. The molecule has 0 spiro atoms. The lowest BCUT2D eigenvalue weighted by Crippen LogP contribution is -2.29. The Kier molecular flexibility index (Phi) is 3.95. The van der Waals surface area contributed by atoms with Crippen molar-refractivity contribution in [2.75, 3.05) is 0 Å². The van der Waals surface area contributed by atoms with Gasteiger partial charge in [-0.2, -0.15) is 0 Å². The number of nitrogens with one attached hydrogen (secondary N) is 1. The second kappa shape index (κ2) is 5.27. The number of carboxylic acids is 1. The Labute approximate surface area is 124 Å². The second-order valence-electron chi connectivity index (χ2n) is 6.06. The lowest BCUT2D eigenvalue weighted by Gasteiger charge is -2.11. The van der Waals surface area contributed by atoms with E-state index in [0.29, 0.717) is 11.1 Å². The van der Waals surface area contributed by atoms with Crippen LogP contribution in [0.5, 0.6) is 0 Å². The molecular formula is C15H19NO4S. The van der Waals surface area contributed by atoms with E-state index in [2.05, 4.69) is 4.72 Å². The van der Waals surface area contributed by atoms with Gasteiger partial charge in [0.25, 0.3) is 0 Å². The molecule has 1 fully saturated rings. The van der Waals surface area contributed by atoms with Crippen LogP contribution in [0, 0.1) is 12.3 Å². The largest absolute Gasteiger partial charge is 0.478 e. The summed E-state index contributed by atoms with van der Waals surface area (Å²) >= 11 is 0. The number of carboxylic acid groups (broad SMARTS) is 1. The van der Waals surface area contributed by atoms with Crippen molar-refractivity contribution in [3.05, 3.63) is 35.4 Å². The first kappa shape index (κ1) is 15.7. The van der Waals surface area contributed by atoms with Gasteiger partial charge >= 0.3 is 5.97 Å². The quantitative estimate of drug-likeness (QED) is 0.817. The summed E-state index contributed by atoms with van der Waals surface area (Å²) in [4.78, 5) is 10.7. The van der Waals surface area contributed by atoms with E-state index in [1.807, 2.05) is 13.8 Å². The number of benzene rings is 1. The Morgan fingerprint density at radius 3 is 2.57 bits per heavy atom. The molecular weight excluding hydrogens is 290 g/mol. The fraction of sp³-hybridized carbons (Fsp3) is 0.400. The van der Waals surface area contributed by atoms with E-state index in [0.717, 1.165) is 12.5 Å². The van der Waals surface area contributed by atoms with Crippen LogP contribution in [-0.2, 0) is 14.8 Å². The minimum atomic E-state index is -3.59. The predicted octanol–water partition coefficient (Wildman–Crippen LogP) is 2.17. The van der Waals surface area contributed by atoms with E-state index in [9.17, 15) is 13.2 Å². The van der Waals surface area contributed by atoms with Gasteiger partial charge in [-0.1, -0.05) is 26.0 Å². The minimum Gasteiger partial charge on any atom is -0.478 e. The van der Waals surface area contributed by atoms with Crippen LogP contribution in [0.2, 0.25) is 0 Å². The SMILES string of the molecule is Cc1ccc(C=CC(=O)O)cc1S(=O)(=O)NC1CC1(C)C. The van der Waals surface area contributed by atoms with E-state index in [4.69, 9.17) is 5.11 Å². The highest BCUT2D eigenvalue weighted by molar-refractivity contribution is 7.89. The van der Waals surface area contributed by atoms with Gasteiger partial charge in [0, 0.05) is 12.1 Å². The number of rotatable bonds is 5. The molecule has 2 rings (SSSR count). The minimum absolute atomic E-state index is 0.00178. The first-order valence-corrected chi connectivity index (χ1v) is 8.14.